The molecule has 0 fully saturated rings. The van der Waals surface area contributed by atoms with E-state index in [0.29, 0.717) is 10.0 Å². The predicted molar refractivity (Wildman–Crippen MR) is 74.2 cm³/mol. The second kappa shape index (κ2) is 4.47. The number of hydrogen-bond acceptors (Lipinski definition) is 5. The van der Waals surface area contributed by atoms with Gasteiger partial charge in [0.15, 0.2) is 10.9 Å². The highest BCUT2D eigenvalue weighted by molar-refractivity contribution is 7.17. The molecule has 19 heavy (non-hydrogen) atoms. The molecule has 1 amide bonds. The van der Waals surface area contributed by atoms with Crippen LogP contribution in [-0.2, 0) is 4.79 Å². The Morgan fingerprint density at radius 3 is 2.95 bits per heavy atom. The van der Waals surface area contributed by atoms with Crippen molar-refractivity contribution in [1.29, 1.82) is 0 Å². The summed E-state index contributed by atoms with van der Waals surface area (Å²) in [5.74, 6) is -0.100. The van der Waals surface area contributed by atoms with Gasteiger partial charge in [-0.2, -0.15) is 0 Å². The van der Waals surface area contributed by atoms with Gasteiger partial charge < -0.3 is 10.2 Å². The molecule has 1 aromatic carbocycles. The fraction of sp³-hybridized carbons (Fsp3) is 0.154. The summed E-state index contributed by atoms with van der Waals surface area (Å²) in [6, 6.07) is 7.54. The maximum Gasteiger partial charge on any atom is 0.244 e. The highest BCUT2D eigenvalue weighted by Gasteiger charge is 2.25. The molecule has 0 atom stereocenters. The lowest BCUT2D eigenvalue weighted by atomic mass is 10.2. The molecule has 0 spiro atoms. The smallest absolute Gasteiger partial charge is 0.244 e. The Balaban J connectivity index is 2.04. The Hall–Kier alpha value is -2.21. The van der Waals surface area contributed by atoms with E-state index in [1.807, 2.05) is 29.2 Å². The van der Waals surface area contributed by atoms with Crippen LogP contribution in [-0.4, -0.2) is 23.2 Å². The van der Waals surface area contributed by atoms with Gasteiger partial charge in [-0.25, -0.2) is 4.98 Å². The summed E-state index contributed by atoms with van der Waals surface area (Å²) < 4.78 is 0. The monoisotopic (exact) mass is 273 g/mol. The van der Waals surface area contributed by atoms with Crippen LogP contribution in [0, 0.1) is 0 Å². The first-order valence-electron chi connectivity index (χ1n) is 5.78. The number of rotatable bonds is 2. The molecule has 0 unspecified atom stereocenters. The van der Waals surface area contributed by atoms with E-state index in [1.54, 1.807) is 6.20 Å². The van der Waals surface area contributed by atoms with Crippen molar-refractivity contribution in [2.24, 2.45) is 0 Å². The van der Waals surface area contributed by atoms with Crippen molar-refractivity contribution in [1.82, 2.24) is 4.98 Å². The zero-order valence-corrected chi connectivity index (χ0v) is 11.0. The number of carbonyl (C=O) groups excluding carboxylic acids is 2. The Morgan fingerprint density at radius 2 is 2.21 bits per heavy atom. The molecular formula is C13H11N3O2S. The van der Waals surface area contributed by atoms with Crippen molar-refractivity contribution < 1.29 is 9.59 Å². The molecule has 6 heteroatoms. The van der Waals surface area contributed by atoms with Gasteiger partial charge in [0.1, 0.15) is 6.54 Å². The number of thiazole rings is 1. The topological polar surface area (TPSA) is 62.3 Å². The van der Waals surface area contributed by atoms with Gasteiger partial charge in [-0.3, -0.25) is 9.59 Å². The molecular weight excluding hydrogens is 262 g/mol. The number of hydrogen-bond donors (Lipinski definition) is 1. The highest BCUT2D eigenvalue weighted by Crippen LogP contribution is 2.36. The summed E-state index contributed by atoms with van der Waals surface area (Å²) in [6.45, 7) is 1.72. The quantitative estimate of drug-likeness (QED) is 0.854. The van der Waals surface area contributed by atoms with Crippen LogP contribution in [0.5, 0.6) is 0 Å². The minimum atomic E-state index is -0.0849. The minimum absolute atomic E-state index is 0.0153. The molecule has 2 heterocycles. The van der Waals surface area contributed by atoms with Gasteiger partial charge in [0.25, 0.3) is 0 Å². The van der Waals surface area contributed by atoms with Crippen molar-refractivity contribution in [3.8, 4) is 0 Å². The molecule has 96 valence electrons. The molecule has 0 radical (unpaired) electrons. The van der Waals surface area contributed by atoms with Gasteiger partial charge in [-0.05, 0) is 12.1 Å². The summed E-state index contributed by atoms with van der Waals surface area (Å²) in [5, 5.41) is 3.48. The Bertz CT molecular complexity index is 665. The molecule has 5 nitrogen and oxygen atoms in total. The number of ketones is 1. The maximum absolute atomic E-state index is 11.7. The van der Waals surface area contributed by atoms with Crippen molar-refractivity contribution >= 4 is 39.5 Å². The number of amides is 1. The zero-order valence-electron chi connectivity index (χ0n) is 10.2. The molecule has 3 rings (SSSR count). The number of para-hydroxylation sites is 2. The molecule has 0 saturated heterocycles. The summed E-state index contributed by atoms with van der Waals surface area (Å²) in [4.78, 5) is 29.7. The SMILES string of the molecule is CC(=O)c1cnc(N2CC(=O)Nc3ccccc32)s1. The van der Waals surface area contributed by atoms with E-state index in [2.05, 4.69) is 10.3 Å². The van der Waals surface area contributed by atoms with Crippen molar-refractivity contribution in [3.63, 3.8) is 0 Å². The van der Waals surface area contributed by atoms with Crippen molar-refractivity contribution in [2.45, 2.75) is 6.92 Å². The second-order valence-electron chi connectivity index (χ2n) is 4.21. The number of nitrogens with zero attached hydrogens (tertiary/aromatic N) is 2. The van der Waals surface area contributed by atoms with Crippen LogP contribution in [0.3, 0.4) is 0 Å². The van der Waals surface area contributed by atoms with E-state index in [4.69, 9.17) is 0 Å². The summed E-state index contributed by atoms with van der Waals surface area (Å²) >= 11 is 1.30. The third-order valence-electron chi connectivity index (χ3n) is 2.84. The highest BCUT2D eigenvalue weighted by atomic mass is 32.1. The first-order valence-corrected chi connectivity index (χ1v) is 6.60. The van der Waals surface area contributed by atoms with E-state index in [9.17, 15) is 9.59 Å². The number of carbonyl (C=O) groups is 2. The van der Waals surface area contributed by atoms with Crippen LogP contribution in [0.2, 0.25) is 0 Å². The lowest BCUT2D eigenvalue weighted by Crippen LogP contribution is -2.34. The third kappa shape index (κ3) is 2.10. The van der Waals surface area contributed by atoms with Gasteiger partial charge in [0.05, 0.1) is 22.4 Å². The number of aromatic nitrogens is 1. The minimum Gasteiger partial charge on any atom is -0.323 e. The first-order chi connectivity index (χ1) is 9.15. The lowest BCUT2D eigenvalue weighted by Gasteiger charge is -2.28. The van der Waals surface area contributed by atoms with Crippen LogP contribution in [0.15, 0.2) is 30.5 Å². The summed E-state index contributed by atoms with van der Waals surface area (Å²) in [7, 11) is 0. The number of nitrogens with one attached hydrogen (secondary N) is 1. The van der Waals surface area contributed by atoms with Gasteiger partial charge >= 0.3 is 0 Å². The zero-order chi connectivity index (χ0) is 13.4. The molecule has 0 aliphatic carbocycles. The first kappa shape index (κ1) is 11.9. The number of fused-ring (bicyclic) bond motifs is 1. The summed E-state index contributed by atoms with van der Waals surface area (Å²) in [5.41, 5.74) is 1.66. The predicted octanol–water partition coefficient (Wildman–Crippen LogP) is 2.44. The van der Waals surface area contributed by atoms with Crippen LogP contribution in [0.4, 0.5) is 16.5 Å². The molecule has 0 saturated carbocycles. The number of Topliss-reactive ketones (excluding diaryl/α,β-unsaturated/α-hetero) is 1. The summed E-state index contributed by atoms with van der Waals surface area (Å²) in [6.07, 6.45) is 1.55. The second-order valence-corrected chi connectivity index (χ2v) is 5.22. The number of benzene rings is 1. The average molecular weight is 273 g/mol. The van der Waals surface area contributed by atoms with Crippen LogP contribution < -0.4 is 10.2 Å². The van der Waals surface area contributed by atoms with E-state index in [1.165, 1.54) is 18.3 Å². The van der Waals surface area contributed by atoms with Crippen LogP contribution >= 0.6 is 11.3 Å². The van der Waals surface area contributed by atoms with Gasteiger partial charge in [-0.15, -0.1) is 0 Å². The largest absolute Gasteiger partial charge is 0.323 e. The van der Waals surface area contributed by atoms with Crippen LogP contribution in [0.25, 0.3) is 0 Å². The van der Waals surface area contributed by atoms with E-state index in [-0.39, 0.29) is 18.2 Å². The fourth-order valence-electron chi connectivity index (χ4n) is 1.96. The standard InChI is InChI=1S/C13H11N3O2S/c1-8(17)11-6-14-13(19-11)16-7-12(18)15-9-4-2-3-5-10(9)16/h2-6H,7H2,1H3,(H,15,18). The lowest BCUT2D eigenvalue weighted by molar-refractivity contribution is -0.115. The molecule has 2 aromatic rings. The van der Waals surface area contributed by atoms with Gasteiger partial charge in [0, 0.05) is 6.92 Å². The number of anilines is 3. The van der Waals surface area contributed by atoms with E-state index >= 15 is 0 Å². The van der Waals surface area contributed by atoms with Crippen molar-refractivity contribution in [2.75, 3.05) is 16.8 Å². The molecule has 0 bridgehead atoms. The molecule has 1 aliphatic heterocycles. The Morgan fingerprint density at radius 1 is 1.42 bits per heavy atom. The Kier molecular flexibility index (Phi) is 2.79. The fourth-order valence-corrected chi connectivity index (χ4v) is 2.78. The van der Waals surface area contributed by atoms with E-state index in [0.717, 1.165) is 11.4 Å². The van der Waals surface area contributed by atoms with E-state index < -0.39 is 0 Å². The van der Waals surface area contributed by atoms with Crippen molar-refractivity contribution in [3.05, 3.63) is 35.3 Å². The molecule has 1 aromatic heterocycles. The van der Waals surface area contributed by atoms with Gasteiger partial charge in [-0.1, -0.05) is 23.5 Å². The third-order valence-corrected chi connectivity index (χ3v) is 3.96. The molecule has 1 aliphatic rings. The normalized spacial score (nSPS) is 13.9. The van der Waals surface area contributed by atoms with Gasteiger partial charge in [0.2, 0.25) is 5.91 Å². The Labute approximate surface area is 113 Å². The van der Waals surface area contributed by atoms with Crippen LogP contribution in [0.1, 0.15) is 16.6 Å². The maximum atomic E-state index is 11.7. The average Bonchev–Trinajstić information content (AvgIpc) is 2.87. The molecule has 1 N–H and O–H groups in total.